The van der Waals surface area contributed by atoms with Gasteiger partial charge in [0.15, 0.2) is 5.82 Å². The van der Waals surface area contributed by atoms with Gasteiger partial charge in [0, 0.05) is 64.0 Å². The van der Waals surface area contributed by atoms with Crippen molar-refractivity contribution in [1.29, 1.82) is 0 Å². The summed E-state index contributed by atoms with van der Waals surface area (Å²) in [6.45, 7) is 7.79. The van der Waals surface area contributed by atoms with E-state index in [9.17, 15) is 4.79 Å². The second-order valence-corrected chi connectivity index (χ2v) is 9.24. The van der Waals surface area contributed by atoms with Crippen LogP contribution in [0.15, 0.2) is 36.4 Å². The van der Waals surface area contributed by atoms with Gasteiger partial charge in [-0.25, -0.2) is 0 Å². The van der Waals surface area contributed by atoms with Crippen LogP contribution >= 0.6 is 0 Å². The molecule has 176 valence electrons. The van der Waals surface area contributed by atoms with E-state index in [-0.39, 0.29) is 5.91 Å². The van der Waals surface area contributed by atoms with Crippen molar-refractivity contribution >= 4 is 11.7 Å². The number of benzene rings is 1. The highest BCUT2D eigenvalue weighted by Crippen LogP contribution is 2.28. The molecule has 5 rings (SSSR count). The second-order valence-electron chi connectivity index (χ2n) is 9.24. The quantitative estimate of drug-likeness (QED) is 0.667. The van der Waals surface area contributed by atoms with Gasteiger partial charge in [-0.2, -0.15) is 0 Å². The maximum absolute atomic E-state index is 12.8. The van der Waals surface area contributed by atoms with Crippen molar-refractivity contribution in [3.8, 4) is 17.0 Å². The summed E-state index contributed by atoms with van der Waals surface area (Å²) >= 11 is 0. The highest BCUT2D eigenvalue weighted by atomic mass is 16.5. The van der Waals surface area contributed by atoms with Gasteiger partial charge in [-0.05, 0) is 37.1 Å². The highest BCUT2D eigenvalue weighted by Gasteiger charge is 2.30. The van der Waals surface area contributed by atoms with Crippen LogP contribution in [0.2, 0.25) is 0 Å². The predicted molar refractivity (Wildman–Crippen MR) is 128 cm³/mol. The van der Waals surface area contributed by atoms with E-state index in [0.717, 1.165) is 81.2 Å². The topological polar surface area (TPSA) is 65.0 Å². The molecule has 1 aromatic heterocycles. The van der Waals surface area contributed by atoms with E-state index in [0.29, 0.717) is 6.54 Å². The van der Waals surface area contributed by atoms with Crippen LogP contribution in [0.1, 0.15) is 19.3 Å². The number of nitrogens with zero attached hydrogens (tertiary/aromatic N) is 6. The predicted octanol–water partition coefficient (Wildman–Crippen LogP) is 1.97. The van der Waals surface area contributed by atoms with E-state index >= 15 is 0 Å². The average Bonchev–Trinajstić information content (AvgIpc) is 2.84. The van der Waals surface area contributed by atoms with Crippen molar-refractivity contribution in [3.63, 3.8) is 0 Å². The van der Waals surface area contributed by atoms with Crippen LogP contribution in [-0.4, -0.2) is 103 Å². The zero-order chi connectivity index (χ0) is 22.6. The molecule has 0 radical (unpaired) electrons. The molecule has 0 N–H and O–H groups in total. The minimum absolute atomic E-state index is 0.276. The Morgan fingerprint density at radius 1 is 0.939 bits per heavy atom. The molecule has 2 aliphatic heterocycles. The Balaban J connectivity index is 1.10. The molecule has 2 saturated heterocycles. The fourth-order valence-corrected chi connectivity index (χ4v) is 5.01. The molecule has 0 spiro atoms. The number of amides is 1. The minimum Gasteiger partial charge on any atom is -0.496 e. The molecule has 1 aliphatic carbocycles. The molecule has 8 heteroatoms. The number of piperazine rings is 2. The number of ether oxygens (including phenoxy) is 1. The molecule has 0 unspecified atom stereocenters. The van der Waals surface area contributed by atoms with Gasteiger partial charge in [-0.3, -0.25) is 14.6 Å². The molecule has 0 atom stereocenters. The number of anilines is 1. The summed E-state index contributed by atoms with van der Waals surface area (Å²) in [7, 11) is 1.67. The van der Waals surface area contributed by atoms with E-state index in [1.54, 1.807) is 7.11 Å². The largest absolute Gasteiger partial charge is 0.496 e. The van der Waals surface area contributed by atoms with Crippen LogP contribution in [-0.2, 0) is 4.79 Å². The number of rotatable bonds is 6. The van der Waals surface area contributed by atoms with Crippen molar-refractivity contribution in [2.24, 2.45) is 0 Å². The summed E-state index contributed by atoms with van der Waals surface area (Å²) in [6.07, 6.45) is 4.05. The van der Waals surface area contributed by atoms with Crippen LogP contribution in [0, 0.1) is 0 Å². The van der Waals surface area contributed by atoms with Crippen molar-refractivity contribution in [1.82, 2.24) is 24.9 Å². The molecular formula is C25H34N6O2. The maximum atomic E-state index is 12.8. The highest BCUT2D eigenvalue weighted by molar-refractivity contribution is 5.78. The Kier molecular flexibility index (Phi) is 6.73. The molecule has 1 saturated carbocycles. The molecular weight excluding hydrogens is 416 g/mol. The zero-order valence-electron chi connectivity index (χ0n) is 19.5. The molecule has 1 amide bonds. The zero-order valence-corrected chi connectivity index (χ0v) is 19.5. The molecule has 3 heterocycles. The number of methoxy groups -OCH3 is 1. The van der Waals surface area contributed by atoms with Gasteiger partial charge in [0.1, 0.15) is 5.75 Å². The standard InChI is InChI=1S/C25H34N6O2/c1-33-23-8-3-2-7-21(23)22-9-10-24(27-26-22)30-13-11-28(12-14-30)19-25(32)31-17-15-29(16-18-31)20-5-4-6-20/h2-3,7-10,20H,4-6,11-19H2,1H3. The first-order valence-corrected chi connectivity index (χ1v) is 12.2. The molecule has 33 heavy (non-hydrogen) atoms. The van der Waals surface area contributed by atoms with Gasteiger partial charge in [0.25, 0.3) is 0 Å². The van der Waals surface area contributed by atoms with Crippen LogP contribution in [0.3, 0.4) is 0 Å². The number of para-hydroxylation sites is 1. The van der Waals surface area contributed by atoms with Crippen molar-refractivity contribution in [2.75, 3.05) is 70.9 Å². The summed E-state index contributed by atoms with van der Waals surface area (Å²) in [6, 6.07) is 12.6. The Morgan fingerprint density at radius 2 is 1.70 bits per heavy atom. The normalized spacial score (nSPS) is 20.5. The summed E-state index contributed by atoms with van der Waals surface area (Å²) in [5.41, 5.74) is 1.74. The Labute approximate surface area is 196 Å². The van der Waals surface area contributed by atoms with Gasteiger partial charge < -0.3 is 14.5 Å². The lowest BCUT2D eigenvalue weighted by molar-refractivity contribution is -0.134. The molecule has 1 aromatic carbocycles. The van der Waals surface area contributed by atoms with Gasteiger partial charge in [0.2, 0.25) is 5.91 Å². The third-order valence-electron chi connectivity index (χ3n) is 7.35. The number of hydrogen-bond acceptors (Lipinski definition) is 7. The monoisotopic (exact) mass is 450 g/mol. The Hall–Kier alpha value is -2.71. The van der Waals surface area contributed by atoms with Crippen LogP contribution < -0.4 is 9.64 Å². The summed E-state index contributed by atoms with van der Waals surface area (Å²) in [4.78, 5) is 22.0. The molecule has 2 aromatic rings. The lowest BCUT2D eigenvalue weighted by Crippen LogP contribution is -2.56. The lowest BCUT2D eigenvalue weighted by atomic mass is 9.91. The van der Waals surface area contributed by atoms with E-state index in [1.165, 1.54) is 19.3 Å². The number of hydrogen-bond donors (Lipinski definition) is 0. The first kappa shape index (κ1) is 22.1. The Morgan fingerprint density at radius 3 is 2.33 bits per heavy atom. The average molecular weight is 451 g/mol. The van der Waals surface area contributed by atoms with Gasteiger partial charge in [-0.1, -0.05) is 18.6 Å². The van der Waals surface area contributed by atoms with E-state index < -0.39 is 0 Å². The molecule has 0 bridgehead atoms. The molecule has 3 aliphatic rings. The van der Waals surface area contributed by atoms with Crippen molar-refractivity contribution in [2.45, 2.75) is 25.3 Å². The van der Waals surface area contributed by atoms with Gasteiger partial charge in [0.05, 0.1) is 19.3 Å². The summed E-state index contributed by atoms with van der Waals surface area (Å²) in [5.74, 6) is 1.95. The van der Waals surface area contributed by atoms with Crippen molar-refractivity contribution in [3.05, 3.63) is 36.4 Å². The SMILES string of the molecule is COc1ccccc1-c1ccc(N2CCN(CC(=O)N3CCN(C4CCC4)CC3)CC2)nn1. The second kappa shape index (κ2) is 10.1. The summed E-state index contributed by atoms with van der Waals surface area (Å²) in [5, 5.41) is 8.91. The van der Waals surface area contributed by atoms with Crippen molar-refractivity contribution < 1.29 is 9.53 Å². The minimum atomic E-state index is 0.276. The molecule has 8 nitrogen and oxygen atoms in total. The van der Waals surface area contributed by atoms with Gasteiger partial charge in [-0.15, -0.1) is 10.2 Å². The number of aromatic nitrogens is 2. The fraction of sp³-hybridized carbons (Fsp3) is 0.560. The third kappa shape index (κ3) is 4.96. The smallest absolute Gasteiger partial charge is 0.236 e. The van der Waals surface area contributed by atoms with E-state index in [2.05, 4.69) is 29.8 Å². The third-order valence-corrected chi connectivity index (χ3v) is 7.35. The number of carbonyl (C=O) groups excluding carboxylic acids is 1. The van der Waals surface area contributed by atoms with E-state index in [4.69, 9.17) is 4.74 Å². The molecule has 3 fully saturated rings. The van der Waals surface area contributed by atoms with Crippen LogP contribution in [0.4, 0.5) is 5.82 Å². The fourth-order valence-electron chi connectivity index (χ4n) is 5.01. The van der Waals surface area contributed by atoms with Crippen LogP contribution in [0.25, 0.3) is 11.3 Å². The van der Waals surface area contributed by atoms with E-state index in [1.807, 2.05) is 36.4 Å². The summed E-state index contributed by atoms with van der Waals surface area (Å²) < 4.78 is 5.44. The van der Waals surface area contributed by atoms with Gasteiger partial charge >= 0.3 is 0 Å². The lowest BCUT2D eigenvalue weighted by Gasteiger charge is -2.43. The first-order chi connectivity index (χ1) is 16.2. The first-order valence-electron chi connectivity index (χ1n) is 12.2. The maximum Gasteiger partial charge on any atom is 0.236 e. The number of carbonyl (C=O) groups is 1. The Bertz CT molecular complexity index is 932. The van der Waals surface area contributed by atoms with Crippen LogP contribution in [0.5, 0.6) is 5.75 Å².